The fourth-order valence-corrected chi connectivity index (χ4v) is 3.37. The van der Waals surface area contributed by atoms with Crippen molar-refractivity contribution in [1.82, 2.24) is 0 Å². The summed E-state index contributed by atoms with van der Waals surface area (Å²) >= 11 is 0. The molecule has 0 spiro atoms. The molecule has 0 saturated carbocycles. The van der Waals surface area contributed by atoms with Gasteiger partial charge in [-0.2, -0.15) is 0 Å². The van der Waals surface area contributed by atoms with E-state index in [0.29, 0.717) is 12.0 Å². The monoisotopic (exact) mass is 416 g/mol. The Bertz CT molecular complexity index is 898. The summed E-state index contributed by atoms with van der Waals surface area (Å²) in [7, 11) is -1.31. The van der Waals surface area contributed by atoms with Crippen molar-refractivity contribution < 1.29 is 32.8 Å². The van der Waals surface area contributed by atoms with Crippen LogP contribution in [-0.2, 0) is 22.6 Å². The number of hydrogen-bond donors (Lipinski definition) is 1. The maximum Gasteiger partial charge on any atom is 0.526 e. The lowest BCUT2D eigenvalue weighted by Crippen LogP contribution is -2.36. The Balaban J connectivity index is 1.65. The predicted molar refractivity (Wildman–Crippen MR) is 108 cm³/mol. The van der Waals surface area contributed by atoms with Gasteiger partial charge in [0.1, 0.15) is 23.7 Å². The standard InChI is InChI=1S/C22H23BF2O5/c1-22(24,25)11-10-18(26)13-17-12-16-8-5-9-19(20(16)30-23(17)28)21(27)29-14-15-6-3-2-4-7-15/h2-9,17,28H,10-14H2,1H3/t17-/m1/s1. The normalized spacial score (nSPS) is 15.9. The highest BCUT2D eigenvalue weighted by atomic mass is 19.3. The summed E-state index contributed by atoms with van der Waals surface area (Å²) in [6.45, 7) is 0.874. The van der Waals surface area contributed by atoms with Gasteiger partial charge in [-0.1, -0.05) is 42.5 Å². The molecule has 2 aromatic carbocycles. The first-order valence-electron chi connectivity index (χ1n) is 9.80. The second kappa shape index (κ2) is 9.39. The molecule has 0 fully saturated rings. The van der Waals surface area contributed by atoms with Gasteiger partial charge in [-0.3, -0.25) is 4.79 Å². The van der Waals surface area contributed by atoms with Crippen molar-refractivity contribution in [3.05, 3.63) is 65.2 Å². The number of ketones is 1. The van der Waals surface area contributed by atoms with Crippen LogP contribution in [0.25, 0.3) is 0 Å². The van der Waals surface area contributed by atoms with Crippen molar-refractivity contribution >= 4 is 18.9 Å². The Morgan fingerprint density at radius 1 is 1.20 bits per heavy atom. The first-order chi connectivity index (χ1) is 14.2. The van der Waals surface area contributed by atoms with Gasteiger partial charge in [0.15, 0.2) is 0 Å². The van der Waals surface area contributed by atoms with Crippen LogP contribution >= 0.6 is 0 Å². The van der Waals surface area contributed by atoms with Gasteiger partial charge >= 0.3 is 13.1 Å². The third-order valence-corrected chi connectivity index (χ3v) is 4.99. The highest BCUT2D eigenvalue weighted by molar-refractivity contribution is 6.47. The van der Waals surface area contributed by atoms with Gasteiger partial charge < -0.3 is 14.4 Å². The molecule has 1 heterocycles. The molecule has 30 heavy (non-hydrogen) atoms. The minimum absolute atomic E-state index is 0.0701. The summed E-state index contributed by atoms with van der Waals surface area (Å²) in [6, 6.07) is 14.2. The van der Waals surface area contributed by atoms with E-state index in [9.17, 15) is 23.4 Å². The van der Waals surface area contributed by atoms with Crippen molar-refractivity contribution in [3.63, 3.8) is 0 Å². The number of rotatable bonds is 8. The number of para-hydroxylation sites is 1. The minimum atomic E-state index is -2.90. The first-order valence-corrected chi connectivity index (χ1v) is 9.80. The Labute approximate surface area is 174 Å². The molecule has 8 heteroatoms. The highest BCUT2D eigenvalue weighted by Crippen LogP contribution is 2.37. The molecule has 158 valence electrons. The van der Waals surface area contributed by atoms with E-state index >= 15 is 0 Å². The number of esters is 1. The third kappa shape index (κ3) is 5.89. The zero-order valence-corrected chi connectivity index (χ0v) is 16.6. The summed E-state index contributed by atoms with van der Waals surface area (Å²) in [5.41, 5.74) is 1.69. The van der Waals surface area contributed by atoms with Crippen molar-refractivity contribution in [1.29, 1.82) is 0 Å². The summed E-state index contributed by atoms with van der Waals surface area (Å²) in [6.07, 6.45) is -0.557. The second-order valence-electron chi connectivity index (χ2n) is 7.64. The van der Waals surface area contributed by atoms with E-state index in [1.807, 2.05) is 30.3 Å². The molecule has 0 aliphatic carbocycles. The Morgan fingerprint density at radius 3 is 2.63 bits per heavy atom. The summed E-state index contributed by atoms with van der Waals surface area (Å²) in [5, 5.41) is 10.3. The van der Waals surface area contributed by atoms with Crippen LogP contribution in [-0.4, -0.2) is 29.8 Å². The van der Waals surface area contributed by atoms with Crippen LogP contribution in [0.4, 0.5) is 8.78 Å². The van der Waals surface area contributed by atoms with Gasteiger partial charge in [-0.15, -0.1) is 0 Å². The SMILES string of the molecule is CC(F)(F)CCC(=O)C[C@H]1Cc2cccc(C(=O)OCc3ccccc3)c2OB1O. The fraction of sp³-hybridized carbons (Fsp3) is 0.364. The molecule has 0 amide bonds. The van der Waals surface area contributed by atoms with E-state index in [2.05, 4.69) is 0 Å². The fourth-order valence-electron chi connectivity index (χ4n) is 3.37. The van der Waals surface area contributed by atoms with Crippen molar-refractivity contribution in [2.24, 2.45) is 0 Å². The van der Waals surface area contributed by atoms with Crippen LogP contribution in [0, 0.1) is 0 Å². The molecule has 0 radical (unpaired) electrons. The van der Waals surface area contributed by atoms with Crippen LogP contribution in [0.3, 0.4) is 0 Å². The minimum Gasteiger partial charge on any atom is -0.535 e. The molecule has 0 bridgehead atoms. The van der Waals surface area contributed by atoms with Crippen molar-refractivity contribution in [2.45, 2.75) is 51.0 Å². The number of Topliss-reactive ketones (excluding diaryl/α,β-unsaturated/α-hetero) is 1. The number of carbonyl (C=O) groups is 2. The number of carbonyl (C=O) groups excluding carboxylic acids is 2. The number of halogens is 2. The number of benzene rings is 2. The Hall–Kier alpha value is -2.74. The molecular weight excluding hydrogens is 393 g/mol. The lowest BCUT2D eigenvalue weighted by Gasteiger charge is -2.28. The zero-order chi connectivity index (χ0) is 21.7. The van der Waals surface area contributed by atoms with E-state index in [-0.39, 0.29) is 36.5 Å². The van der Waals surface area contributed by atoms with Gasteiger partial charge in [0.05, 0.1) is 0 Å². The van der Waals surface area contributed by atoms with Crippen LogP contribution in [0.1, 0.15) is 47.7 Å². The van der Waals surface area contributed by atoms with Crippen LogP contribution in [0.2, 0.25) is 5.82 Å². The van der Waals surface area contributed by atoms with Gasteiger partial charge in [-0.25, -0.2) is 13.6 Å². The van der Waals surface area contributed by atoms with Gasteiger partial charge in [-0.05, 0) is 30.5 Å². The van der Waals surface area contributed by atoms with Gasteiger partial charge in [0, 0.05) is 25.1 Å². The molecule has 1 aliphatic rings. The van der Waals surface area contributed by atoms with Crippen LogP contribution in [0.5, 0.6) is 5.75 Å². The topological polar surface area (TPSA) is 72.8 Å². The summed E-state index contributed by atoms with van der Waals surface area (Å²) < 4.78 is 36.8. The molecule has 2 aromatic rings. The molecule has 0 aromatic heterocycles. The van der Waals surface area contributed by atoms with Crippen LogP contribution in [0.15, 0.2) is 48.5 Å². The molecule has 5 nitrogen and oxygen atoms in total. The second-order valence-corrected chi connectivity index (χ2v) is 7.64. The van der Waals surface area contributed by atoms with E-state index < -0.39 is 31.2 Å². The number of fused-ring (bicyclic) bond motifs is 1. The number of hydrogen-bond acceptors (Lipinski definition) is 5. The molecule has 0 saturated heterocycles. The first kappa shape index (κ1) is 22.0. The molecule has 1 N–H and O–H groups in total. The Morgan fingerprint density at radius 2 is 1.93 bits per heavy atom. The van der Waals surface area contributed by atoms with Crippen molar-refractivity contribution in [3.8, 4) is 5.75 Å². The Kier molecular flexibility index (Phi) is 6.87. The maximum atomic E-state index is 13.0. The smallest absolute Gasteiger partial charge is 0.526 e. The van der Waals surface area contributed by atoms with Crippen LogP contribution < -0.4 is 4.65 Å². The molecular formula is C22H23BF2O5. The number of ether oxygens (including phenoxy) is 1. The average molecular weight is 416 g/mol. The maximum absolute atomic E-state index is 13.0. The molecule has 3 rings (SSSR count). The van der Waals surface area contributed by atoms with Gasteiger partial charge in [0.25, 0.3) is 0 Å². The predicted octanol–water partition coefficient (Wildman–Crippen LogP) is 4.22. The van der Waals surface area contributed by atoms with E-state index in [4.69, 9.17) is 9.39 Å². The summed E-state index contributed by atoms with van der Waals surface area (Å²) in [5.74, 6) is -4.18. The quantitative estimate of drug-likeness (QED) is 0.515. The lowest BCUT2D eigenvalue weighted by molar-refractivity contribution is -0.121. The zero-order valence-electron chi connectivity index (χ0n) is 16.6. The average Bonchev–Trinajstić information content (AvgIpc) is 2.71. The van der Waals surface area contributed by atoms with E-state index in [1.54, 1.807) is 18.2 Å². The largest absolute Gasteiger partial charge is 0.535 e. The molecule has 1 atom stereocenters. The van der Waals surface area contributed by atoms with E-state index in [0.717, 1.165) is 12.5 Å². The van der Waals surface area contributed by atoms with Crippen molar-refractivity contribution in [2.75, 3.05) is 0 Å². The molecule has 0 unspecified atom stereocenters. The summed E-state index contributed by atoms with van der Waals surface area (Å²) in [4.78, 5) is 24.6. The van der Waals surface area contributed by atoms with E-state index in [1.165, 1.54) is 0 Å². The number of alkyl halides is 2. The lowest BCUT2D eigenvalue weighted by atomic mass is 9.64. The third-order valence-electron chi connectivity index (χ3n) is 4.99. The molecule has 1 aliphatic heterocycles. The van der Waals surface area contributed by atoms with Gasteiger partial charge in [0.2, 0.25) is 5.92 Å². The highest BCUT2D eigenvalue weighted by Gasteiger charge is 2.38.